The number of fused-ring (bicyclic) bond motifs is 1. The minimum Gasteiger partial charge on any atom is -0.447 e. The number of allylic oxidation sites excluding steroid dienone is 2. The molecule has 0 saturated carbocycles. The van der Waals surface area contributed by atoms with Crippen LogP contribution >= 0.6 is 0 Å². The highest BCUT2D eigenvalue weighted by atomic mass is 19.4. The Bertz CT molecular complexity index is 1230. The van der Waals surface area contributed by atoms with Gasteiger partial charge in [-0.15, -0.1) is 0 Å². The summed E-state index contributed by atoms with van der Waals surface area (Å²) in [5.41, 5.74) is 4.75. The van der Waals surface area contributed by atoms with Crippen molar-refractivity contribution in [3.8, 4) is 0 Å². The molecule has 0 spiro atoms. The number of hydrogen-bond donors (Lipinski definition) is 2. The highest BCUT2D eigenvalue weighted by Gasteiger charge is 2.37. The Hall–Kier alpha value is -3.89. The molecular weight excluding hydrogens is 420 g/mol. The lowest BCUT2D eigenvalue weighted by atomic mass is 10.0. The molecule has 1 aromatic heterocycles. The summed E-state index contributed by atoms with van der Waals surface area (Å²) >= 11 is 0. The van der Waals surface area contributed by atoms with E-state index < -0.39 is 35.6 Å². The van der Waals surface area contributed by atoms with Crippen molar-refractivity contribution in [2.45, 2.75) is 12.2 Å². The predicted molar refractivity (Wildman–Crippen MR) is 104 cm³/mol. The Morgan fingerprint density at radius 3 is 2.77 bits per heavy atom. The van der Waals surface area contributed by atoms with E-state index in [0.717, 1.165) is 6.07 Å². The van der Waals surface area contributed by atoms with Crippen LogP contribution in [0.15, 0.2) is 54.5 Å². The first-order valence-corrected chi connectivity index (χ1v) is 8.92. The zero-order chi connectivity index (χ0) is 22.3. The van der Waals surface area contributed by atoms with Crippen LogP contribution in [0.25, 0.3) is 11.0 Å². The molecule has 31 heavy (non-hydrogen) atoms. The maximum Gasteiger partial charge on any atom is 0.430 e. The van der Waals surface area contributed by atoms with Gasteiger partial charge in [0, 0.05) is 18.6 Å². The van der Waals surface area contributed by atoms with E-state index in [1.165, 1.54) is 23.4 Å². The molecule has 1 atom stereocenters. The van der Waals surface area contributed by atoms with Crippen molar-refractivity contribution in [2.75, 3.05) is 11.5 Å². The van der Waals surface area contributed by atoms with E-state index in [1.807, 2.05) is 0 Å². The summed E-state index contributed by atoms with van der Waals surface area (Å²) in [6.07, 6.45) is -3.87. The van der Waals surface area contributed by atoms with E-state index in [4.69, 9.17) is 10.5 Å². The fraction of sp³-hybridized carbons (Fsp3) is 0.150. The molecule has 2 heterocycles. The van der Waals surface area contributed by atoms with Crippen LogP contribution in [0.5, 0.6) is 0 Å². The third-order valence-corrected chi connectivity index (χ3v) is 4.81. The number of aromatic nitrogens is 2. The number of amides is 1. The largest absolute Gasteiger partial charge is 0.447 e. The topological polar surface area (TPSA) is 101 Å². The van der Waals surface area contributed by atoms with Crippen LogP contribution in [0.4, 0.5) is 28.0 Å². The summed E-state index contributed by atoms with van der Waals surface area (Å²) in [5, 5.41) is 0. The van der Waals surface area contributed by atoms with E-state index in [1.54, 1.807) is 18.2 Å². The van der Waals surface area contributed by atoms with Gasteiger partial charge in [-0.05, 0) is 24.3 Å². The molecule has 1 amide bonds. The first-order valence-electron chi connectivity index (χ1n) is 8.92. The molecule has 7 nitrogen and oxygen atoms in total. The fourth-order valence-electron chi connectivity index (χ4n) is 3.27. The van der Waals surface area contributed by atoms with Crippen molar-refractivity contribution in [3.63, 3.8) is 0 Å². The van der Waals surface area contributed by atoms with Gasteiger partial charge in [-0.25, -0.2) is 14.2 Å². The zero-order valence-corrected chi connectivity index (χ0v) is 15.6. The number of benzene rings is 2. The van der Waals surface area contributed by atoms with Gasteiger partial charge >= 0.3 is 12.3 Å². The average Bonchev–Trinajstić information content (AvgIpc) is 3.32. The normalized spacial score (nSPS) is 17.3. The standard InChI is InChI=1S/C20H14F4N4O3.H2/c21-13-5-10(17(29)7-18(25)20(22,23)24)1-3-12(13)16-8-31-19(30)28(16)11-2-4-14-15(6-11)27-9-26-14;/h1-7,9,16H,8,25H2,(H,26,27);1H/b18-7-;. The van der Waals surface area contributed by atoms with Crippen LogP contribution < -0.4 is 10.6 Å². The molecule has 2 aromatic carbocycles. The van der Waals surface area contributed by atoms with E-state index in [2.05, 4.69) is 9.97 Å². The van der Waals surface area contributed by atoms with Gasteiger partial charge in [-0.1, -0.05) is 12.1 Å². The van der Waals surface area contributed by atoms with Gasteiger partial charge in [0.25, 0.3) is 0 Å². The molecule has 1 fully saturated rings. The highest BCUT2D eigenvalue weighted by molar-refractivity contribution is 6.05. The minimum atomic E-state index is -4.87. The summed E-state index contributed by atoms with van der Waals surface area (Å²) < 4.78 is 57.4. The van der Waals surface area contributed by atoms with Crippen molar-refractivity contribution in [2.24, 2.45) is 5.73 Å². The molecule has 1 aliphatic rings. The number of hydrogen-bond acceptors (Lipinski definition) is 5. The molecule has 0 aliphatic carbocycles. The molecule has 11 heteroatoms. The SMILES string of the molecule is N/C(=C\C(=O)c1ccc(C2COC(=O)N2c2ccc3nc[nH]c3c2)c(F)c1)C(F)(F)F.[HH]. The molecule has 162 valence electrons. The number of H-pyrrole nitrogens is 1. The van der Waals surface area contributed by atoms with Crippen LogP contribution in [-0.4, -0.2) is 34.6 Å². The first kappa shape index (κ1) is 20.4. The molecule has 1 saturated heterocycles. The van der Waals surface area contributed by atoms with Crippen LogP contribution in [0, 0.1) is 5.82 Å². The summed E-state index contributed by atoms with van der Waals surface area (Å²) in [6.45, 7) is -0.148. The first-order chi connectivity index (χ1) is 14.6. The van der Waals surface area contributed by atoms with Gasteiger partial charge in [0.2, 0.25) is 0 Å². The summed E-state index contributed by atoms with van der Waals surface area (Å²) in [6, 6.07) is 7.32. The monoisotopic (exact) mass is 436 g/mol. The van der Waals surface area contributed by atoms with Crippen LogP contribution in [0.3, 0.4) is 0 Å². The summed E-state index contributed by atoms with van der Waals surface area (Å²) in [4.78, 5) is 32.6. The average molecular weight is 436 g/mol. The number of ether oxygens (including phenoxy) is 1. The lowest BCUT2D eigenvalue weighted by molar-refractivity contribution is -0.0927. The Balaban J connectivity index is 0.00000289. The van der Waals surface area contributed by atoms with Gasteiger partial charge in [0.15, 0.2) is 5.78 Å². The van der Waals surface area contributed by atoms with Crippen LogP contribution in [0.1, 0.15) is 23.4 Å². The van der Waals surface area contributed by atoms with Crippen LogP contribution in [0.2, 0.25) is 0 Å². The molecule has 3 N–H and O–H groups in total. The number of cyclic esters (lactones) is 1. The van der Waals surface area contributed by atoms with Gasteiger partial charge in [0.1, 0.15) is 24.2 Å². The van der Waals surface area contributed by atoms with Gasteiger partial charge < -0.3 is 15.5 Å². The van der Waals surface area contributed by atoms with Crippen molar-refractivity contribution >= 4 is 28.6 Å². The third-order valence-electron chi connectivity index (χ3n) is 4.81. The van der Waals surface area contributed by atoms with Gasteiger partial charge in [-0.2, -0.15) is 13.2 Å². The van der Waals surface area contributed by atoms with Crippen molar-refractivity contribution in [3.05, 3.63) is 71.4 Å². The lowest BCUT2D eigenvalue weighted by Gasteiger charge is -2.22. The Labute approximate surface area is 173 Å². The van der Waals surface area contributed by atoms with Gasteiger partial charge in [0.05, 0.1) is 23.0 Å². The smallest absolute Gasteiger partial charge is 0.430 e. The molecule has 4 rings (SSSR count). The van der Waals surface area contributed by atoms with Gasteiger partial charge in [-0.3, -0.25) is 9.69 Å². The number of anilines is 1. The number of nitrogens with one attached hydrogen (secondary N) is 1. The minimum absolute atomic E-state index is 0. The number of carbonyl (C=O) groups excluding carboxylic acids is 2. The molecule has 0 radical (unpaired) electrons. The number of alkyl halides is 3. The summed E-state index contributed by atoms with van der Waals surface area (Å²) in [7, 11) is 0. The Kier molecular flexibility index (Phi) is 4.88. The Morgan fingerprint density at radius 2 is 2.06 bits per heavy atom. The second-order valence-electron chi connectivity index (χ2n) is 6.76. The number of aromatic amines is 1. The van der Waals surface area contributed by atoms with E-state index in [9.17, 15) is 27.2 Å². The van der Waals surface area contributed by atoms with E-state index >= 15 is 0 Å². The Morgan fingerprint density at radius 1 is 1.29 bits per heavy atom. The molecule has 1 aliphatic heterocycles. The third kappa shape index (κ3) is 3.81. The number of nitrogens with zero attached hydrogens (tertiary/aromatic N) is 2. The number of ketones is 1. The lowest BCUT2D eigenvalue weighted by Crippen LogP contribution is -2.28. The zero-order valence-electron chi connectivity index (χ0n) is 15.6. The number of imidazole rings is 1. The molecule has 1 unspecified atom stereocenters. The number of halogens is 4. The number of carbonyl (C=O) groups is 2. The molecule has 3 aromatic rings. The van der Waals surface area contributed by atoms with Crippen molar-refractivity contribution in [1.29, 1.82) is 0 Å². The van der Waals surface area contributed by atoms with Crippen LogP contribution in [-0.2, 0) is 4.74 Å². The van der Waals surface area contributed by atoms with Crippen molar-refractivity contribution in [1.82, 2.24) is 9.97 Å². The predicted octanol–water partition coefficient (Wildman–Crippen LogP) is 4.23. The second-order valence-corrected chi connectivity index (χ2v) is 6.76. The maximum atomic E-state index is 14.8. The number of rotatable bonds is 4. The summed E-state index contributed by atoms with van der Waals surface area (Å²) in [5.74, 6) is -1.97. The second kappa shape index (κ2) is 7.42. The molecular formula is C20H16F4N4O3. The molecule has 0 bridgehead atoms. The van der Waals surface area contributed by atoms with E-state index in [0.29, 0.717) is 16.7 Å². The number of nitrogens with two attached hydrogens (primary N) is 1. The highest BCUT2D eigenvalue weighted by Crippen LogP contribution is 2.35. The fourth-order valence-corrected chi connectivity index (χ4v) is 3.27. The quantitative estimate of drug-likeness (QED) is 0.362. The maximum absolute atomic E-state index is 14.8. The van der Waals surface area contributed by atoms with E-state index in [-0.39, 0.29) is 25.2 Å². The van der Waals surface area contributed by atoms with Crippen molar-refractivity contribution < 1.29 is 33.3 Å².